The minimum atomic E-state index is 0.318. The van der Waals surface area contributed by atoms with Gasteiger partial charge in [-0.1, -0.05) is 11.2 Å². The number of halogens is 1. The molecule has 0 radical (unpaired) electrons. The van der Waals surface area contributed by atoms with Crippen molar-refractivity contribution < 1.29 is 8.94 Å². The van der Waals surface area contributed by atoms with E-state index in [4.69, 9.17) is 14.7 Å². The molecule has 0 atom stereocenters. The highest BCUT2D eigenvalue weighted by atomic mass is 79.9. The molecular weight excluding hydrogens is 272 g/mol. The fraction of sp³-hybridized carbons (Fsp3) is 0. The standard InChI is InChI=1S/C11H7BrN2O2/c12-9-5-15-10-2-1-6(3-7(9)10)8-4-14-16-11(8)13/h1-5H,13H2. The van der Waals surface area contributed by atoms with Crippen molar-refractivity contribution in [3.05, 3.63) is 35.1 Å². The number of hydrogen-bond acceptors (Lipinski definition) is 4. The van der Waals surface area contributed by atoms with Gasteiger partial charge >= 0.3 is 0 Å². The minimum Gasteiger partial charge on any atom is -0.463 e. The SMILES string of the molecule is Nc1oncc1-c1ccc2occ(Br)c2c1. The minimum absolute atomic E-state index is 0.318. The maximum atomic E-state index is 5.67. The Morgan fingerprint density at radius 3 is 2.94 bits per heavy atom. The molecule has 3 rings (SSSR count). The number of benzene rings is 1. The predicted octanol–water partition coefficient (Wildman–Crippen LogP) is 3.43. The smallest absolute Gasteiger partial charge is 0.229 e. The van der Waals surface area contributed by atoms with E-state index < -0.39 is 0 Å². The molecule has 0 amide bonds. The van der Waals surface area contributed by atoms with Crippen LogP contribution >= 0.6 is 15.9 Å². The van der Waals surface area contributed by atoms with Gasteiger partial charge in [-0.2, -0.15) is 0 Å². The van der Waals surface area contributed by atoms with Crippen LogP contribution in [0.4, 0.5) is 5.88 Å². The molecule has 0 saturated heterocycles. The van der Waals surface area contributed by atoms with Crippen LogP contribution in [0.1, 0.15) is 0 Å². The van der Waals surface area contributed by atoms with Gasteiger partial charge in [-0.3, -0.25) is 0 Å². The van der Waals surface area contributed by atoms with E-state index in [2.05, 4.69) is 21.1 Å². The monoisotopic (exact) mass is 278 g/mol. The second-order valence-corrected chi connectivity index (χ2v) is 4.25. The third kappa shape index (κ3) is 1.32. The van der Waals surface area contributed by atoms with Crippen LogP contribution in [0, 0.1) is 0 Å². The molecule has 2 N–H and O–H groups in total. The van der Waals surface area contributed by atoms with Crippen LogP contribution in [0.2, 0.25) is 0 Å². The van der Waals surface area contributed by atoms with Gasteiger partial charge in [0.2, 0.25) is 5.88 Å². The van der Waals surface area contributed by atoms with Crippen LogP contribution in [0.5, 0.6) is 0 Å². The molecule has 0 saturated carbocycles. The molecule has 0 spiro atoms. The lowest BCUT2D eigenvalue weighted by Gasteiger charge is -1.97. The van der Waals surface area contributed by atoms with Crippen LogP contribution in [0.3, 0.4) is 0 Å². The molecule has 0 fully saturated rings. The Hall–Kier alpha value is -1.75. The number of aromatic nitrogens is 1. The lowest BCUT2D eigenvalue weighted by molar-refractivity contribution is 0.436. The fourth-order valence-corrected chi connectivity index (χ4v) is 2.03. The third-order valence-corrected chi connectivity index (χ3v) is 3.05. The Labute approximate surface area is 99.1 Å². The van der Waals surface area contributed by atoms with E-state index in [0.717, 1.165) is 26.6 Å². The summed E-state index contributed by atoms with van der Waals surface area (Å²) in [7, 11) is 0. The second kappa shape index (κ2) is 3.38. The number of furan rings is 1. The molecule has 4 nitrogen and oxygen atoms in total. The number of rotatable bonds is 1. The molecule has 0 aliphatic heterocycles. The molecule has 0 aliphatic rings. The molecule has 2 heterocycles. The summed E-state index contributed by atoms with van der Waals surface area (Å²) in [6.07, 6.45) is 3.26. The van der Waals surface area contributed by atoms with Gasteiger partial charge in [-0.25, -0.2) is 0 Å². The topological polar surface area (TPSA) is 65.2 Å². The van der Waals surface area contributed by atoms with Crippen molar-refractivity contribution in [3.63, 3.8) is 0 Å². The summed E-state index contributed by atoms with van der Waals surface area (Å²) in [6, 6.07) is 5.79. The number of fused-ring (bicyclic) bond motifs is 1. The van der Waals surface area contributed by atoms with Crippen molar-refractivity contribution in [2.45, 2.75) is 0 Å². The van der Waals surface area contributed by atoms with Crippen molar-refractivity contribution in [1.82, 2.24) is 5.16 Å². The molecule has 5 heteroatoms. The van der Waals surface area contributed by atoms with Crippen LogP contribution in [-0.2, 0) is 0 Å². The molecule has 1 aromatic carbocycles. The number of nitrogen functional groups attached to an aromatic ring is 1. The van der Waals surface area contributed by atoms with Gasteiger partial charge < -0.3 is 14.7 Å². The summed E-state index contributed by atoms with van der Waals surface area (Å²) < 4.78 is 11.1. The number of nitrogens with two attached hydrogens (primary N) is 1. The molecule has 2 aromatic heterocycles. The van der Waals surface area contributed by atoms with E-state index in [0.29, 0.717) is 5.88 Å². The van der Waals surface area contributed by atoms with Crippen molar-refractivity contribution in [2.75, 3.05) is 5.73 Å². The second-order valence-electron chi connectivity index (χ2n) is 3.40. The predicted molar refractivity (Wildman–Crippen MR) is 63.8 cm³/mol. The van der Waals surface area contributed by atoms with Gasteiger partial charge in [0.05, 0.1) is 16.2 Å². The van der Waals surface area contributed by atoms with E-state index in [1.54, 1.807) is 12.5 Å². The Morgan fingerprint density at radius 1 is 1.31 bits per heavy atom. The van der Waals surface area contributed by atoms with Crippen LogP contribution in [0.25, 0.3) is 22.1 Å². The fourth-order valence-electron chi connectivity index (χ4n) is 1.63. The van der Waals surface area contributed by atoms with Gasteiger partial charge in [0.25, 0.3) is 0 Å². The van der Waals surface area contributed by atoms with Crippen LogP contribution < -0.4 is 5.73 Å². The summed E-state index contributed by atoms with van der Waals surface area (Å²) in [5, 5.41) is 4.65. The highest BCUT2D eigenvalue weighted by Gasteiger charge is 2.10. The van der Waals surface area contributed by atoms with Crippen molar-refractivity contribution in [1.29, 1.82) is 0 Å². The normalized spacial score (nSPS) is 11.1. The van der Waals surface area contributed by atoms with Crippen molar-refractivity contribution in [3.8, 4) is 11.1 Å². The Morgan fingerprint density at radius 2 is 2.19 bits per heavy atom. The average Bonchev–Trinajstić information content (AvgIpc) is 2.86. The first-order valence-corrected chi connectivity index (χ1v) is 5.42. The first-order valence-electron chi connectivity index (χ1n) is 4.63. The van der Waals surface area contributed by atoms with Gasteiger partial charge in [-0.05, 0) is 33.6 Å². The molecule has 0 bridgehead atoms. The van der Waals surface area contributed by atoms with Gasteiger partial charge in [0.15, 0.2) is 0 Å². The van der Waals surface area contributed by atoms with Crippen molar-refractivity contribution in [2.24, 2.45) is 0 Å². The summed E-state index contributed by atoms with van der Waals surface area (Å²) in [4.78, 5) is 0. The summed E-state index contributed by atoms with van der Waals surface area (Å²) in [6.45, 7) is 0. The molecular formula is C11H7BrN2O2. The number of anilines is 1. The first-order chi connectivity index (χ1) is 7.75. The highest BCUT2D eigenvalue weighted by Crippen LogP contribution is 2.32. The summed E-state index contributed by atoms with van der Waals surface area (Å²) in [5.41, 5.74) is 8.23. The van der Waals surface area contributed by atoms with Gasteiger partial charge in [0.1, 0.15) is 11.8 Å². The van der Waals surface area contributed by atoms with Crippen LogP contribution in [0.15, 0.2) is 44.1 Å². The zero-order valence-corrected chi connectivity index (χ0v) is 9.69. The number of hydrogen-bond donors (Lipinski definition) is 1. The Bertz CT molecular complexity index is 657. The molecule has 16 heavy (non-hydrogen) atoms. The summed E-state index contributed by atoms with van der Waals surface area (Å²) >= 11 is 3.42. The Kier molecular flexibility index (Phi) is 2.00. The maximum absolute atomic E-state index is 5.67. The lowest BCUT2D eigenvalue weighted by Crippen LogP contribution is -1.84. The van der Waals surface area contributed by atoms with E-state index in [-0.39, 0.29) is 0 Å². The van der Waals surface area contributed by atoms with Crippen molar-refractivity contribution >= 4 is 32.8 Å². The molecule has 80 valence electrons. The highest BCUT2D eigenvalue weighted by molar-refractivity contribution is 9.10. The largest absolute Gasteiger partial charge is 0.463 e. The molecule has 0 aliphatic carbocycles. The molecule has 0 unspecified atom stereocenters. The van der Waals surface area contributed by atoms with E-state index >= 15 is 0 Å². The van der Waals surface area contributed by atoms with Gasteiger partial charge in [-0.15, -0.1) is 0 Å². The third-order valence-electron chi connectivity index (χ3n) is 2.44. The van der Waals surface area contributed by atoms with E-state index in [1.807, 2.05) is 18.2 Å². The first kappa shape index (κ1) is 9.47. The van der Waals surface area contributed by atoms with E-state index in [1.165, 1.54) is 0 Å². The van der Waals surface area contributed by atoms with Gasteiger partial charge in [0, 0.05) is 5.39 Å². The average molecular weight is 279 g/mol. The number of nitrogens with zero attached hydrogens (tertiary/aromatic N) is 1. The van der Waals surface area contributed by atoms with Crippen LogP contribution in [-0.4, -0.2) is 5.16 Å². The molecule has 3 aromatic rings. The van der Waals surface area contributed by atoms with E-state index in [9.17, 15) is 0 Å². The quantitative estimate of drug-likeness (QED) is 0.741. The Balaban J connectivity index is 2.25. The summed E-state index contributed by atoms with van der Waals surface area (Å²) in [5.74, 6) is 0.318. The zero-order chi connectivity index (χ0) is 11.1. The lowest BCUT2D eigenvalue weighted by atomic mass is 10.1. The zero-order valence-electron chi connectivity index (χ0n) is 8.11. The maximum Gasteiger partial charge on any atom is 0.229 e.